The van der Waals surface area contributed by atoms with Gasteiger partial charge in [0.05, 0.1) is 11.4 Å². The minimum atomic E-state index is -0.554. The number of rotatable bonds is 1. The van der Waals surface area contributed by atoms with E-state index < -0.39 is 5.38 Å². The van der Waals surface area contributed by atoms with Crippen molar-refractivity contribution in [1.82, 2.24) is 0 Å². The summed E-state index contributed by atoms with van der Waals surface area (Å²) >= 11 is 10.7. The van der Waals surface area contributed by atoms with Gasteiger partial charge in [0.25, 0.3) is 0 Å². The number of hydrogen-bond acceptors (Lipinski definition) is 1. The van der Waals surface area contributed by atoms with Gasteiger partial charge in [-0.2, -0.15) is 5.26 Å². The van der Waals surface area contributed by atoms with E-state index in [0.29, 0.717) is 0 Å². The highest BCUT2D eigenvalue weighted by Gasteiger charge is 2.07. The number of nitrogens with zero attached hydrogens (tertiary/aromatic N) is 1. The molecule has 0 heterocycles. The van der Waals surface area contributed by atoms with Gasteiger partial charge >= 0.3 is 0 Å². The van der Waals surface area contributed by atoms with Crippen LogP contribution in [0.15, 0.2) is 0 Å². The maximum Gasteiger partial charge on any atom is 0.136 e. The van der Waals surface area contributed by atoms with E-state index in [0.717, 1.165) is 0 Å². The molecule has 0 amide bonds. The third kappa shape index (κ3) is 2.73. The van der Waals surface area contributed by atoms with Crippen LogP contribution in [-0.4, -0.2) is 10.8 Å². The largest absolute Gasteiger partial charge is 0.197 e. The molecule has 0 aromatic heterocycles. The molecule has 0 saturated carbocycles. The van der Waals surface area contributed by atoms with E-state index in [9.17, 15) is 0 Å². The van der Waals surface area contributed by atoms with Crippen LogP contribution in [0.3, 0.4) is 0 Å². The molecule has 0 aliphatic heterocycles. The Balaban J connectivity index is 3.40. The van der Waals surface area contributed by atoms with E-state index in [-0.39, 0.29) is 5.38 Å². The Hall–Kier alpha value is 0.0700. The lowest BCUT2D eigenvalue weighted by Crippen LogP contribution is -2.06. The smallest absolute Gasteiger partial charge is 0.136 e. The molecule has 2 atom stereocenters. The SMILES string of the molecule is C[C@@H](Cl)[C@H](Cl)C#N. The van der Waals surface area contributed by atoms with Gasteiger partial charge in [0, 0.05) is 0 Å². The summed E-state index contributed by atoms with van der Waals surface area (Å²) in [5, 5.41) is 7.23. The molecule has 0 spiro atoms. The normalized spacial score (nSPS) is 17.4. The predicted molar refractivity (Wildman–Crippen MR) is 30.6 cm³/mol. The Morgan fingerprint density at radius 1 is 1.57 bits per heavy atom. The summed E-state index contributed by atoms with van der Waals surface area (Å²) in [5.74, 6) is 0. The third-order valence-electron chi connectivity index (χ3n) is 0.527. The van der Waals surface area contributed by atoms with Crippen molar-refractivity contribution in [2.45, 2.75) is 17.7 Å². The Kier molecular flexibility index (Phi) is 3.15. The Bertz CT molecular complexity index is 84.2. The molecular weight excluding hydrogens is 133 g/mol. The van der Waals surface area contributed by atoms with Crippen molar-refractivity contribution in [2.24, 2.45) is 0 Å². The fourth-order valence-corrected chi connectivity index (χ4v) is 0.159. The van der Waals surface area contributed by atoms with Crippen molar-refractivity contribution in [3.63, 3.8) is 0 Å². The zero-order valence-corrected chi connectivity index (χ0v) is 5.37. The lowest BCUT2D eigenvalue weighted by Gasteiger charge is -1.97. The van der Waals surface area contributed by atoms with Crippen molar-refractivity contribution in [1.29, 1.82) is 5.26 Å². The zero-order valence-electron chi connectivity index (χ0n) is 3.86. The van der Waals surface area contributed by atoms with Crippen LogP contribution in [0.25, 0.3) is 0 Å². The standard InChI is InChI=1S/C4H5Cl2N/c1-3(5)4(6)2-7/h3-4H,1H3/t3-,4-/m1/s1. The first-order chi connectivity index (χ1) is 3.18. The molecule has 0 N–H and O–H groups in total. The third-order valence-corrected chi connectivity index (χ3v) is 1.38. The monoisotopic (exact) mass is 137 g/mol. The number of nitriles is 1. The highest BCUT2D eigenvalue weighted by molar-refractivity contribution is 6.31. The summed E-state index contributed by atoms with van der Waals surface area (Å²) in [4.78, 5) is 0. The molecule has 0 aromatic rings. The second-order valence-corrected chi connectivity index (χ2v) is 2.37. The fraction of sp³-hybridized carbons (Fsp3) is 0.750. The molecule has 0 aliphatic rings. The topological polar surface area (TPSA) is 23.8 Å². The van der Waals surface area contributed by atoms with Gasteiger partial charge in [-0.3, -0.25) is 0 Å². The maximum atomic E-state index is 8.04. The van der Waals surface area contributed by atoms with Gasteiger partial charge < -0.3 is 0 Å². The average Bonchev–Trinajstić information content (AvgIpc) is 1.65. The predicted octanol–water partition coefficient (Wildman–Crippen LogP) is 1.74. The molecule has 7 heavy (non-hydrogen) atoms. The van der Waals surface area contributed by atoms with Crippen LogP contribution in [0.4, 0.5) is 0 Å². The molecule has 0 rings (SSSR count). The van der Waals surface area contributed by atoms with Crippen molar-refractivity contribution >= 4 is 23.2 Å². The van der Waals surface area contributed by atoms with Gasteiger partial charge in [0.2, 0.25) is 0 Å². The molecule has 0 saturated heterocycles. The Morgan fingerprint density at radius 2 is 2.00 bits per heavy atom. The van der Waals surface area contributed by atoms with Crippen LogP contribution in [0, 0.1) is 11.3 Å². The molecule has 0 aromatic carbocycles. The van der Waals surface area contributed by atoms with E-state index in [1.54, 1.807) is 13.0 Å². The second-order valence-electron chi connectivity index (χ2n) is 1.21. The number of halogens is 2. The average molecular weight is 138 g/mol. The van der Waals surface area contributed by atoms with Crippen molar-refractivity contribution in [2.75, 3.05) is 0 Å². The number of alkyl halides is 2. The quantitative estimate of drug-likeness (QED) is 0.506. The van der Waals surface area contributed by atoms with Crippen LogP contribution < -0.4 is 0 Å². The van der Waals surface area contributed by atoms with Gasteiger partial charge in [-0.15, -0.1) is 23.2 Å². The van der Waals surface area contributed by atoms with Crippen LogP contribution in [-0.2, 0) is 0 Å². The second kappa shape index (κ2) is 3.12. The minimum Gasteiger partial charge on any atom is -0.197 e. The maximum absolute atomic E-state index is 8.04. The summed E-state index contributed by atoms with van der Waals surface area (Å²) in [6.07, 6.45) is 0. The first kappa shape index (κ1) is 7.07. The zero-order chi connectivity index (χ0) is 5.86. The molecule has 0 unspecified atom stereocenters. The van der Waals surface area contributed by atoms with E-state index in [2.05, 4.69) is 0 Å². The van der Waals surface area contributed by atoms with Crippen LogP contribution in [0.5, 0.6) is 0 Å². The van der Waals surface area contributed by atoms with Crippen LogP contribution in [0.1, 0.15) is 6.92 Å². The van der Waals surface area contributed by atoms with E-state index in [4.69, 9.17) is 28.5 Å². The van der Waals surface area contributed by atoms with Crippen molar-refractivity contribution < 1.29 is 0 Å². The van der Waals surface area contributed by atoms with Gasteiger partial charge in [-0.05, 0) is 6.92 Å². The summed E-state index contributed by atoms with van der Waals surface area (Å²) in [6, 6.07) is 1.80. The molecule has 0 bridgehead atoms. The van der Waals surface area contributed by atoms with E-state index in [1.807, 2.05) is 0 Å². The van der Waals surface area contributed by atoms with Gasteiger partial charge in [-0.25, -0.2) is 0 Å². The fourth-order valence-electron chi connectivity index (χ4n) is 0.103. The molecule has 0 radical (unpaired) electrons. The first-order valence-corrected chi connectivity index (χ1v) is 2.73. The summed E-state index contributed by atoms with van der Waals surface area (Å²) in [7, 11) is 0. The van der Waals surface area contributed by atoms with Gasteiger partial charge in [0.15, 0.2) is 0 Å². The highest BCUT2D eigenvalue weighted by atomic mass is 35.5. The Morgan fingerprint density at radius 3 is 2.00 bits per heavy atom. The summed E-state index contributed by atoms with van der Waals surface area (Å²) in [6.45, 7) is 1.68. The van der Waals surface area contributed by atoms with Crippen molar-refractivity contribution in [3.8, 4) is 6.07 Å². The summed E-state index contributed by atoms with van der Waals surface area (Å²) < 4.78 is 0. The summed E-state index contributed by atoms with van der Waals surface area (Å²) in [5.41, 5.74) is 0. The Labute approximate surface area is 52.8 Å². The molecule has 0 aliphatic carbocycles. The van der Waals surface area contributed by atoms with E-state index >= 15 is 0 Å². The molecular formula is C4H5Cl2N. The molecule has 1 nitrogen and oxygen atoms in total. The van der Waals surface area contributed by atoms with Crippen molar-refractivity contribution in [3.05, 3.63) is 0 Å². The lowest BCUT2D eigenvalue weighted by molar-refractivity contribution is 0.986. The molecule has 0 fully saturated rings. The van der Waals surface area contributed by atoms with Crippen LogP contribution in [0.2, 0.25) is 0 Å². The lowest BCUT2D eigenvalue weighted by atomic mass is 10.4. The van der Waals surface area contributed by atoms with Gasteiger partial charge in [-0.1, -0.05) is 0 Å². The molecule has 3 heteroatoms. The first-order valence-electron chi connectivity index (χ1n) is 1.86. The van der Waals surface area contributed by atoms with Crippen LogP contribution >= 0.6 is 23.2 Å². The highest BCUT2D eigenvalue weighted by Crippen LogP contribution is 2.06. The minimum absolute atomic E-state index is 0.258. The van der Waals surface area contributed by atoms with E-state index in [1.165, 1.54) is 0 Å². The molecule has 40 valence electrons. The van der Waals surface area contributed by atoms with Gasteiger partial charge in [0.1, 0.15) is 5.38 Å². The number of hydrogen-bond donors (Lipinski definition) is 0.